The van der Waals surface area contributed by atoms with Gasteiger partial charge in [-0.05, 0) is 31.5 Å². The van der Waals surface area contributed by atoms with Crippen LogP contribution >= 0.6 is 0 Å². The molecule has 0 aliphatic carbocycles. The van der Waals surface area contributed by atoms with Crippen LogP contribution in [0.2, 0.25) is 0 Å². The summed E-state index contributed by atoms with van der Waals surface area (Å²) >= 11 is 0. The summed E-state index contributed by atoms with van der Waals surface area (Å²) in [5.41, 5.74) is 1.22. The molecule has 1 aliphatic heterocycles. The van der Waals surface area contributed by atoms with Gasteiger partial charge in [0.1, 0.15) is 17.4 Å². The molecule has 1 heterocycles. The van der Waals surface area contributed by atoms with E-state index in [2.05, 4.69) is 15.9 Å². The third-order valence-electron chi connectivity index (χ3n) is 5.24. The van der Waals surface area contributed by atoms with Gasteiger partial charge in [0.25, 0.3) is 0 Å². The number of halogens is 2. The van der Waals surface area contributed by atoms with Crippen LogP contribution in [-0.2, 0) is 13.1 Å². The largest absolute Gasteiger partial charge is 0.494 e. The van der Waals surface area contributed by atoms with Crippen LogP contribution in [0.4, 0.5) is 8.78 Å². The highest BCUT2D eigenvalue weighted by Crippen LogP contribution is 2.24. The minimum atomic E-state index is -0.508. The average molecular weight is 390 g/mol. The molecule has 2 aromatic rings. The predicted octanol–water partition coefficient (Wildman–Crippen LogP) is 3.43. The zero-order valence-electron chi connectivity index (χ0n) is 16.3. The lowest BCUT2D eigenvalue weighted by atomic mass is 10.1. The van der Waals surface area contributed by atoms with Crippen molar-refractivity contribution >= 4 is 0 Å². The Balaban J connectivity index is 1.69. The zero-order chi connectivity index (χ0) is 19.9. The fourth-order valence-corrected chi connectivity index (χ4v) is 3.79. The highest BCUT2D eigenvalue weighted by atomic mass is 19.1. The van der Waals surface area contributed by atoms with Gasteiger partial charge in [-0.1, -0.05) is 24.3 Å². The molecule has 0 unspecified atom stereocenters. The number of aliphatic hydroxyl groups excluding tert-OH is 1. The van der Waals surface area contributed by atoms with Crippen LogP contribution in [-0.4, -0.2) is 53.8 Å². The van der Waals surface area contributed by atoms with Crippen molar-refractivity contribution in [2.45, 2.75) is 32.5 Å². The van der Waals surface area contributed by atoms with Gasteiger partial charge in [0, 0.05) is 56.5 Å². The number of rotatable bonds is 8. The molecule has 0 saturated carbocycles. The second-order valence-electron chi connectivity index (χ2n) is 7.11. The molecule has 0 bridgehead atoms. The van der Waals surface area contributed by atoms with Crippen molar-refractivity contribution in [1.29, 1.82) is 0 Å². The summed E-state index contributed by atoms with van der Waals surface area (Å²) in [5.74, 6) is -0.137. The second kappa shape index (κ2) is 9.96. The zero-order valence-corrected chi connectivity index (χ0v) is 16.3. The Morgan fingerprint density at radius 2 is 1.79 bits per heavy atom. The number of benzene rings is 2. The molecule has 2 aromatic carbocycles. The molecule has 1 saturated heterocycles. The number of piperazine rings is 1. The molecule has 1 atom stereocenters. The van der Waals surface area contributed by atoms with E-state index in [1.807, 2.05) is 25.1 Å². The van der Waals surface area contributed by atoms with Crippen LogP contribution in [0.3, 0.4) is 0 Å². The van der Waals surface area contributed by atoms with Gasteiger partial charge in [0.2, 0.25) is 0 Å². The van der Waals surface area contributed by atoms with E-state index < -0.39 is 11.6 Å². The summed E-state index contributed by atoms with van der Waals surface area (Å²) in [6.07, 6.45) is 0.618. The van der Waals surface area contributed by atoms with Gasteiger partial charge in [-0.15, -0.1) is 0 Å². The Hall–Kier alpha value is -2.02. The first kappa shape index (κ1) is 20.7. The molecule has 1 aliphatic rings. The number of hydrogen-bond donors (Lipinski definition) is 1. The van der Waals surface area contributed by atoms with Gasteiger partial charge < -0.3 is 9.84 Å². The lowest BCUT2D eigenvalue weighted by molar-refractivity contribution is 0.0483. The second-order valence-corrected chi connectivity index (χ2v) is 7.11. The normalized spacial score (nSPS) is 18.4. The Morgan fingerprint density at radius 1 is 1.04 bits per heavy atom. The van der Waals surface area contributed by atoms with Crippen LogP contribution in [0.5, 0.6) is 5.75 Å². The van der Waals surface area contributed by atoms with Crippen molar-refractivity contribution in [2.24, 2.45) is 0 Å². The van der Waals surface area contributed by atoms with Crippen LogP contribution in [0.1, 0.15) is 24.5 Å². The summed E-state index contributed by atoms with van der Waals surface area (Å²) in [6.45, 7) is 5.76. The molecule has 3 rings (SSSR count). The van der Waals surface area contributed by atoms with E-state index in [1.165, 1.54) is 18.2 Å². The number of hydrogen-bond acceptors (Lipinski definition) is 4. The maximum Gasteiger partial charge on any atom is 0.130 e. The summed E-state index contributed by atoms with van der Waals surface area (Å²) < 4.78 is 33.7. The fraction of sp³-hybridized carbons (Fsp3) is 0.455. The Bertz CT molecular complexity index is 752. The predicted molar refractivity (Wildman–Crippen MR) is 105 cm³/mol. The van der Waals surface area contributed by atoms with Gasteiger partial charge in [-0.2, -0.15) is 0 Å². The van der Waals surface area contributed by atoms with E-state index >= 15 is 0 Å². The highest BCUT2D eigenvalue weighted by molar-refractivity contribution is 5.33. The Labute approximate surface area is 165 Å². The minimum absolute atomic E-state index is 0.0795. The Kier molecular flexibility index (Phi) is 7.36. The van der Waals surface area contributed by atoms with Gasteiger partial charge >= 0.3 is 0 Å². The summed E-state index contributed by atoms with van der Waals surface area (Å²) in [5, 5.41) is 9.52. The van der Waals surface area contributed by atoms with E-state index in [0.717, 1.165) is 24.4 Å². The maximum absolute atomic E-state index is 14.0. The first-order valence-electron chi connectivity index (χ1n) is 9.83. The summed E-state index contributed by atoms with van der Waals surface area (Å²) in [4.78, 5) is 4.38. The van der Waals surface area contributed by atoms with Crippen molar-refractivity contribution in [3.05, 3.63) is 65.2 Å². The minimum Gasteiger partial charge on any atom is -0.494 e. The molecule has 28 heavy (non-hydrogen) atoms. The maximum atomic E-state index is 14.0. The van der Waals surface area contributed by atoms with Crippen LogP contribution in [0.25, 0.3) is 0 Å². The van der Waals surface area contributed by atoms with E-state index in [0.29, 0.717) is 26.1 Å². The summed E-state index contributed by atoms with van der Waals surface area (Å²) in [6, 6.07) is 12.1. The molecule has 0 aromatic heterocycles. The smallest absolute Gasteiger partial charge is 0.130 e. The van der Waals surface area contributed by atoms with E-state index in [9.17, 15) is 13.9 Å². The molecule has 6 heteroatoms. The molecule has 1 fully saturated rings. The molecular weight excluding hydrogens is 362 g/mol. The molecule has 0 radical (unpaired) electrons. The van der Waals surface area contributed by atoms with Crippen molar-refractivity contribution in [2.75, 3.05) is 32.8 Å². The number of ether oxygens (including phenoxy) is 1. The average Bonchev–Trinajstić information content (AvgIpc) is 2.68. The first-order chi connectivity index (χ1) is 13.6. The van der Waals surface area contributed by atoms with Gasteiger partial charge in [0.15, 0.2) is 0 Å². The molecule has 0 spiro atoms. The lowest BCUT2D eigenvalue weighted by Gasteiger charge is -2.41. The van der Waals surface area contributed by atoms with Crippen molar-refractivity contribution < 1.29 is 18.6 Å². The topological polar surface area (TPSA) is 35.9 Å². The molecule has 152 valence electrons. The van der Waals surface area contributed by atoms with Gasteiger partial charge in [-0.25, -0.2) is 8.78 Å². The third-order valence-corrected chi connectivity index (χ3v) is 5.24. The monoisotopic (exact) mass is 390 g/mol. The molecule has 4 nitrogen and oxygen atoms in total. The van der Waals surface area contributed by atoms with Gasteiger partial charge in [0.05, 0.1) is 6.61 Å². The van der Waals surface area contributed by atoms with E-state index in [4.69, 9.17) is 4.74 Å². The number of para-hydroxylation sites is 1. The van der Waals surface area contributed by atoms with Crippen molar-refractivity contribution in [1.82, 2.24) is 9.80 Å². The standard InChI is InChI=1S/C22H28F2N2O2/c1-2-28-22-9-4-3-6-17(22)14-26-12-11-25(15-18(26)10-13-27)16-19-20(23)7-5-8-21(19)24/h3-9,18,27H,2,10-16H2,1H3/t18-/m1/s1. The van der Waals surface area contributed by atoms with Crippen LogP contribution in [0, 0.1) is 11.6 Å². The summed E-state index contributed by atoms with van der Waals surface area (Å²) in [7, 11) is 0. The van der Waals surface area contributed by atoms with Crippen molar-refractivity contribution in [3.63, 3.8) is 0 Å². The van der Waals surface area contributed by atoms with E-state index in [-0.39, 0.29) is 24.8 Å². The molecule has 0 amide bonds. The first-order valence-corrected chi connectivity index (χ1v) is 9.83. The Morgan fingerprint density at radius 3 is 2.50 bits per heavy atom. The number of aliphatic hydroxyl groups is 1. The number of nitrogens with zero attached hydrogens (tertiary/aromatic N) is 2. The van der Waals surface area contributed by atoms with Gasteiger partial charge in [-0.3, -0.25) is 9.80 Å². The van der Waals surface area contributed by atoms with Crippen LogP contribution in [0.15, 0.2) is 42.5 Å². The third kappa shape index (κ3) is 5.07. The highest BCUT2D eigenvalue weighted by Gasteiger charge is 2.28. The fourth-order valence-electron chi connectivity index (χ4n) is 3.79. The SMILES string of the molecule is CCOc1ccccc1CN1CCN(Cc2c(F)cccc2F)C[C@H]1CCO. The van der Waals surface area contributed by atoms with Crippen molar-refractivity contribution in [3.8, 4) is 5.75 Å². The lowest BCUT2D eigenvalue weighted by Crippen LogP contribution is -2.52. The molecular formula is C22H28F2N2O2. The molecule has 1 N–H and O–H groups in total. The van der Waals surface area contributed by atoms with E-state index in [1.54, 1.807) is 0 Å². The quantitative estimate of drug-likeness (QED) is 0.749. The van der Waals surface area contributed by atoms with Crippen LogP contribution < -0.4 is 4.74 Å².